The number of nitrogens with one attached hydrogen (secondary N) is 1. The number of rotatable bonds is 5. The SMILES string of the molecule is CCC(=O)c1sc(NCC=C(C)C)cc1N. The second-order valence-corrected chi connectivity index (χ2v) is 4.89. The average Bonchev–Trinajstić information content (AvgIpc) is 2.58. The Kier molecular flexibility index (Phi) is 4.55. The van der Waals surface area contributed by atoms with E-state index in [-0.39, 0.29) is 5.78 Å². The van der Waals surface area contributed by atoms with Crippen LogP contribution in [0.15, 0.2) is 17.7 Å². The van der Waals surface area contributed by atoms with E-state index in [9.17, 15) is 4.79 Å². The lowest BCUT2D eigenvalue weighted by molar-refractivity contribution is 0.0993. The molecule has 1 aromatic heterocycles. The van der Waals surface area contributed by atoms with Gasteiger partial charge < -0.3 is 11.1 Å². The van der Waals surface area contributed by atoms with Crippen LogP contribution in [0, 0.1) is 0 Å². The van der Waals surface area contributed by atoms with Gasteiger partial charge in [-0.2, -0.15) is 0 Å². The molecule has 0 spiro atoms. The van der Waals surface area contributed by atoms with E-state index < -0.39 is 0 Å². The average molecular weight is 238 g/mol. The molecule has 1 rings (SSSR count). The summed E-state index contributed by atoms with van der Waals surface area (Å²) in [5, 5.41) is 4.18. The molecule has 3 N–H and O–H groups in total. The Balaban J connectivity index is 2.70. The summed E-state index contributed by atoms with van der Waals surface area (Å²) in [5.74, 6) is 0.109. The number of nitrogens with two attached hydrogens (primary N) is 1. The van der Waals surface area contributed by atoms with Gasteiger partial charge in [0.15, 0.2) is 5.78 Å². The van der Waals surface area contributed by atoms with Gasteiger partial charge in [0.05, 0.1) is 15.6 Å². The van der Waals surface area contributed by atoms with Gasteiger partial charge in [-0.3, -0.25) is 4.79 Å². The van der Waals surface area contributed by atoms with E-state index in [2.05, 4.69) is 25.2 Å². The van der Waals surface area contributed by atoms with Crippen LogP contribution < -0.4 is 11.1 Å². The number of carbonyl (C=O) groups excluding carboxylic acids is 1. The van der Waals surface area contributed by atoms with Gasteiger partial charge in [0, 0.05) is 13.0 Å². The number of nitrogen functional groups attached to an aromatic ring is 1. The molecule has 88 valence electrons. The van der Waals surface area contributed by atoms with Gasteiger partial charge in [-0.05, 0) is 19.9 Å². The Morgan fingerprint density at radius 1 is 1.56 bits per heavy atom. The zero-order chi connectivity index (χ0) is 12.1. The molecule has 0 bridgehead atoms. The number of thiophene rings is 1. The van der Waals surface area contributed by atoms with Crippen LogP contribution in [0.5, 0.6) is 0 Å². The van der Waals surface area contributed by atoms with E-state index in [1.54, 1.807) is 0 Å². The number of anilines is 2. The molecular weight excluding hydrogens is 220 g/mol. The zero-order valence-corrected chi connectivity index (χ0v) is 10.8. The molecule has 0 saturated heterocycles. The molecule has 4 heteroatoms. The van der Waals surface area contributed by atoms with Gasteiger partial charge in [-0.25, -0.2) is 0 Å². The normalized spacial score (nSPS) is 9.94. The lowest BCUT2D eigenvalue weighted by Gasteiger charge is -1.98. The molecule has 0 fully saturated rings. The minimum atomic E-state index is 0.109. The van der Waals surface area contributed by atoms with Crippen LogP contribution in [0.4, 0.5) is 10.7 Å². The summed E-state index contributed by atoms with van der Waals surface area (Å²) in [6.45, 7) is 6.72. The van der Waals surface area contributed by atoms with Crippen LogP contribution in [0.25, 0.3) is 0 Å². The van der Waals surface area contributed by atoms with E-state index in [0.717, 1.165) is 11.5 Å². The predicted molar refractivity (Wildman–Crippen MR) is 71.3 cm³/mol. The molecule has 0 aliphatic rings. The highest BCUT2D eigenvalue weighted by atomic mass is 32.1. The summed E-state index contributed by atoms with van der Waals surface area (Å²) < 4.78 is 0. The van der Waals surface area contributed by atoms with Crippen molar-refractivity contribution in [2.45, 2.75) is 27.2 Å². The van der Waals surface area contributed by atoms with E-state index in [0.29, 0.717) is 17.0 Å². The van der Waals surface area contributed by atoms with Crippen molar-refractivity contribution in [1.29, 1.82) is 0 Å². The van der Waals surface area contributed by atoms with E-state index in [1.807, 2.05) is 13.0 Å². The van der Waals surface area contributed by atoms with E-state index >= 15 is 0 Å². The van der Waals surface area contributed by atoms with Crippen molar-refractivity contribution in [3.8, 4) is 0 Å². The molecule has 0 aliphatic carbocycles. The van der Waals surface area contributed by atoms with Gasteiger partial charge in [-0.1, -0.05) is 18.6 Å². The molecule has 1 aromatic rings. The summed E-state index contributed by atoms with van der Waals surface area (Å²) in [6, 6.07) is 1.83. The Labute approximate surface area is 100 Å². The van der Waals surface area contributed by atoms with Gasteiger partial charge in [0.1, 0.15) is 0 Å². The van der Waals surface area contributed by atoms with E-state index in [4.69, 9.17) is 5.73 Å². The molecule has 1 heterocycles. The smallest absolute Gasteiger partial charge is 0.174 e. The van der Waals surface area contributed by atoms with Crippen molar-refractivity contribution in [2.24, 2.45) is 0 Å². The molecule has 16 heavy (non-hydrogen) atoms. The first-order valence-corrected chi connectivity index (χ1v) is 6.16. The Morgan fingerprint density at radius 2 is 2.25 bits per heavy atom. The molecule has 0 aliphatic heterocycles. The van der Waals surface area contributed by atoms with Crippen molar-refractivity contribution in [1.82, 2.24) is 0 Å². The van der Waals surface area contributed by atoms with Gasteiger partial charge in [0.2, 0.25) is 0 Å². The quantitative estimate of drug-likeness (QED) is 0.611. The fraction of sp³-hybridized carbons (Fsp3) is 0.417. The number of hydrogen-bond donors (Lipinski definition) is 2. The highest BCUT2D eigenvalue weighted by molar-refractivity contribution is 7.18. The van der Waals surface area contributed by atoms with Gasteiger partial charge in [-0.15, -0.1) is 11.3 Å². The van der Waals surface area contributed by atoms with E-state index in [1.165, 1.54) is 16.9 Å². The van der Waals surface area contributed by atoms with Crippen LogP contribution in [0.1, 0.15) is 36.9 Å². The lowest BCUT2D eigenvalue weighted by atomic mass is 10.2. The van der Waals surface area contributed by atoms with Gasteiger partial charge >= 0.3 is 0 Å². The molecule has 0 atom stereocenters. The topological polar surface area (TPSA) is 55.1 Å². The first-order chi connectivity index (χ1) is 7.54. The number of carbonyl (C=O) groups is 1. The van der Waals surface area contributed by atoms with Crippen molar-refractivity contribution >= 4 is 27.8 Å². The number of Topliss-reactive ketones (excluding diaryl/α,β-unsaturated/α-hetero) is 1. The van der Waals surface area contributed by atoms with Gasteiger partial charge in [0.25, 0.3) is 0 Å². The summed E-state index contributed by atoms with van der Waals surface area (Å²) in [5.41, 5.74) is 7.63. The van der Waals surface area contributed by atoms with Crippen molar-refractivity contribution in [3.05, 3.63) is 22.6 Å². The zero-order valence-electron chi connectivity index (χ0n) is 9.96. The maximum Gasteiger partial charge on any atom is 0.174 e. The van der Waals surface area contributed by atoms with Crippen LogP contribution in [0.3, 0.4) is 0 Å². The van der Waals surface area contributed by atoms with Crippen LogP contribution in [0.2, 0.25) is 0 Å². The Hall–Kier alpha value is -1.29. The number of hydrogen-bond acceptors (Lipinski definition) is 4. The minimum Gasteiger partial charge on any atom is -0.397 e. The third kappa shape index (κ3) is 3.38. The largest absolute Gasteiger partial charge is 0.397 e. The highest BCUT2D eigenvalue weighted by Gasteiger charge is 2.11. The molecule has 0 saturated carbocycles. The lowest BCUT2D eigenvalue weighted by Crippen LogP contribution is -1.96. The fourth-order valence-electron chi connectivity index (χ4n) is 1.23. The first-order valence-electron chi connectivity index (χ1n) is 5.34. The Morgan fingerprint density at radius 3 is 2.81 bits per heavy atom. The number of ketones is 1. The minimum absolute atomic E-state index is 0.109. The molecule has 3 nitrogen and oxygen atoms in total. The monoisotopic (exact) mass is 238 g/mol. The van der Waals surface area contributed by atoms with Crippen molar-refractivity contribution in [3.63, 3.8) is 0 Å². The summed E-state index contributed by atoms with van der Waals surface area (Å²) >= 11 is 1.43. The maximum absolute atomic E-state index is 11.5. The molecule has 0 aromatic carbocycles. The highest BCUT2D eigenvalue weighted by Crippen LogP contribution is 2.30. The Bertz CT molecular complexity index is 403. The summed E-state index contributed by atoms with van der Waals surface area (Å²) in [7, 11) is 0. The van der Waals surface area contributed by atoms with Crippen LogP contribution in [-0.2, 0) is 0 Å². The standard InChI is InChI=1S/C12H18N2OS/c1-4-10(15)12-9(13)7-11(16-12)14-6-5-8(2)3/h5,7,14H,4,6,13H2,1-3H3. The number of allylic oxidation sites excluding steroid dienone is 1. The third-order valence-corrected chi connectivity index (χ3v) is 3.27. The first kappa shape index (κ1) is 12.8. The predicted octanol–water partition coefficient (Wildman–Crippen LogP) is 3.30. The molecular formula is C12H18N2OS. The second kappa shape index (κ2) is 5.70. The van der Waals surface area contributed by atoms with Crippen LogP contribution in [-0.4, -0.2) is 12.3 Å². The van der Waals surface area contributed by atoms with Crippen molar-refractivity contribution < 1.29 is 4.79 Å². The summed E-state index contributed by atoms with van der Waals surface area (Å²) in [4.78, 5) is 12.2. The van der Waals surface area contributed by atoms with Crippen molar-refractivity contribution in [2.75, 3.05) is 17.6 Å². The molecule has 0 radical (unpaired) electrons. The molecule has 0 amide bonds. The second-order valence-electron chi connectivity index (χ2n) is 3.83. The molecule has 0 unspecified atom stereocenters. The summed E-state index contributed by atoms with van der Waals surface area (Å²) in [6.07, 6.45) is 2.59. The van der Waals surface area contributed by atoms with Crippen LogP contribution >= 0.6 is 11.3 Å². The fourth-order valence-corrected chi connectivity index (χ4v) is 2.22. The third-order valence-electron chi connectivity index (χ3n) is 2.12. The maximum atomic E-state index is 11.5.